The molecule has 0 amide bonds. The van der Waals surface area contributed by atoms with Crippen molar-refractivity contribution in [2.75, 3.05) is 0 Å². The van der Waals surface area contributed by atoms with Crippen molar-refractivity contribution in [2.24, 2.45) is 0 Å². The molecule has 0 aliphatic heterocycles. The molecule has 0 heterocycles. The molecule has 2 unspecified atom stereocenters. The number of hydrogen-bond donors (Lipinski definition) is 0. The predicted octanol–water partition coefficient (Wildman–Crippen LogP) is 0.101. The summed E-state index contributed by atoms with van der Waals surface area (Å²) in [4.78, 5) is 5.63. The van der Waals surface area contributed by atoms with Crippen molar-refractivity contribution in [2.45, 2.75) is 143 Å². The zero-order valence-electron chi connectivity index (χ0n) is 19.9. The third-order valence-corrected chi connectivity index (χ3v) is 5.25. The fourth-order valence-electron chi connectivity index (χ4n) is 5.70. The van der Waals surface area contributed by atoms with Gasteiger partial charge in [0.2, 0.25) is 0 Å². The molecular weight excluding hydrogens is 516 g/mol. The van der Waals surface area contributed by atoms with Crippen LogP contribution in [0.4, 0.5) is 0 Å². The van der Waals surface area contributed by atoms with Gasteiger partial charge in [-0.2, -0.15) is 0 Å². The van der Waals surface area contributed by atoms with Crippen LogP contribution in [-0.2, 0) is 17.1 Å². The minimum atomic E-state index is 0. The van der Waals surface area contributed by atoms with E-state index in [9.17, 15) is 0 Å². The Hall–Kier alpha value is 1.40. The van der Waals surface area contributed by atoms with Crippen molar-refractivity contribution >= 4 is 0 Å². The van der Waals surface area contributed by atoms with Crippen LogP contribution < -0.4 is 34.0 Å². The summed E-state index contributed by atoms with van der Waals surface area (Å²) in [5, 5.41) is 0. The first kappa shape index (κ1) is 33.0. The Morgan fingerprint density at radius 3 is 0.815 bits per heavy atom. The summed E-state index contributed by atoms with van der Waals surface area (Å²) in [5.74, 6) is 0. The fourth-order valence-corrected chi connectivity index (χ4v) is 5.70. The van der Waals surface area contributed by atoms with E-state index in [1.165, 1.54) is 25.7 Å². The van der Waals surface area contributed by atoms with Crippen molar-refractivity contribution in [1.29, 1.82) is 0 Å². The zero-order chi connectivity index (χ0) is 19.1. The Labute approximate surface area is 203 Å². The molecule has 1 aliphatic carbocycles. The number of rotatable bonds is 2. The molecule has 0 aromatic heterocycles. The summed E-state index contributed by atoms with van der Waals surface area (Å²) >= 11 is 0. The normalized spacial score (nSPS) is 22.0. The Morgan fingerprint density at radius 2 is 0.667 bits per heavy atom. The molecule has 0 aromatic rings. The van der Waals surface area contributed by atoms with E-state index < -0.39 is 0 Å². The third kappa shape index (κ3) is 8.97. The monoisotopic (exact) mass is 559 g/mol. The third-order valence-electron chi connectivity index (χ3n) is 5.25. The van der Waals surface area contributed by atoms with Gasteiger partial charge in [-0.25, -0.2) is 0 Å². The number of nitrogens with zero attached hydrogens (tertiary/aromatic N) is 2. The molecule has 1 aliphatic rings. The molecule has 0 N–H and O–H groups in total. The van der Waals surface area contributed by atoms with Gasteiger partial charge in [-0.1, -0.05) is 12.8 Å². The van der Waals surface area contributed by atoms with E-state index in [-0.39, 0.29) is 73.2 Å². The maximum absolute atomic E-state index is 2.81. The van der Waals surface area contributed by atoms with E-state index >= 15 is 0 Å². The van der Waals surface area contributed by atoms with E-state index in [0.717, 1.165) is 0 Å². The van der Waals surface area contributed by atoms with Gasteiger partial charge >= 0.3 is 17.1 Å². The van der Waals surface area contributed by atoms with Crippen LogP contribution in [0.3, 0.4) is 0 Å². The zero-order valence-corrected chi connectivity index (χ0v) is 24.0. The molecule has 1 rings (SSSR count). The SMILES string of the molecule is CC(C)(C)N(C1CCCCC1N(C(C)(C)C)C(C)(C)C)C(C)(C)C.[Br-].[Br-].[Cu+2]. The first-order valence-corrected chi connectivity index (χ1v) is 10.1. The fraction of sp³-hybridized carbons (Fsp3) is 1.00. The Morgan fingerprint density at radius 1 is 0.481 bits per heavy atom. The van der Waals surface area contributed by atoms with Crippen LogP contribution in [0.5, 0.6) is 0 Å². The summed E-state index contributed by atoms with van der Waals surface area (Å²) in [5.41, 5.74) is 0.722. The molecule has 0 aromatic carbocycles. The summed E-state index contributed by atoms with van der Waals surface area (Å²) in [6.45, 7) is 28.7. The molecule has 169 valence electrons. The van der Waals surface area contributed by atoms with Gasteiger partial charge in [0.05, 0.1) is 0 Å². The predicted molar refractivity (Wildman–Crippen MR) is 109 cm³/mol. The summed E-state index contributed by atoms with van der Waals surface area (Å²) in [6, 6.07) is 1.24. The molecule has 27 heavy (non-hydrogen) atoms. The van der Waals surface area contributed by atoms with Gasteiger partial charge in [0.25, 0.3) is 0 Å². The summed E-state index contributed by atoms with van der Waals surface area (Å²) < 4.78 is 0. The maximum atomic E-state index is 2.81. The van der Waals surface area contributed by atoms with E-state index in [1.807, 2.05) is 0 Å². The van der Waals surface area contributed by atoms with Gasteiger partial charge in [0.15, 0.2) is 0 Å². The molecular formula is C22H46Br2CuN2. The van der Waals surface area contributed by atoms with Crippen LogP contribution >= 0.6 is 0 Å². The molecule has 2 nitrogen and oxygen atoms in total. The van der Waals surface area contributed by atoms with Crippen LogP contribution in [0, 0.1) is 0 Å². The van der Waals surface area contributed by atoms with E-state index in [0.29, 0.717) is 12.1 Å². The standard InChI is InChI=1S/C22H46N2.2BrH.Cu/c1-19(2,3)23(20(4,5)6)17-15-13-14-16-18(17)24(21(7,8)9)22(10,11)12;;;/h17-18H,13-16H2,1-12H3;2*1H;/q;;;+2/p-2. The van der Waals surface area contributed by atoms with Gasteiger partial charge in [-0.05, 0) is 95.9 Å². The van der Waals surface area contributed by atoms with Crippen LogP contribution in [0.2, 0.25) is 0 Å². The van der Waals surface area contributed by atoms with Crippen LogP contribution in [-0.4, -0.2) is 44.0 Å². The van der Waals surface area contributed by atoms with Crippen LogP contribution in [0.1, 0.15) is 109 Å². The summed E-state index contributed by atoms with van der Waals surface area (Å²) in [7, 11) is 0. The molecule has 5 heteroatoms. The van der Waals surface area contributed by atoms with Crippen LogP contribution in [0.25, 0.3) is 0 Å². The molecule has 1 saturated carbocycles. The van der Waals surface area contributed by atoms with Crippen molar-refractivity contribution < 1.29 is 51.0 Å². The second kappa shape index (κ2) is 11.1. The first-order valence-electron chi connectivity index (χ1n) is 10.1. The Balaban J connectivity index is -0.00000192. The van der Waals surface area contributed by atoms with Gasteiger partial charge in [0.1, 0.15) is 0 Å². The van der Waals surface area contributed by atoms with Crippen molar-refractivity contribution in [1.82, 2.24) is 9.80 Å². The summed E-state index contributed by atoms with van der Waals surface area (Å²) in [6.07, 6.45) is 5.38. The molecule has 0 saturated heterocycles. The molecule has 2 atom stereocenters. The maximum Gasteiger partial charge on any atom is 2.00 e. The van der Waals surface area contributed by atoms with Gasteiger partial charge < -0.3 is 34.0 Å². The Bertz CT molecular complexity index is 346. The second-order valence-electron chi connectivity index (χ2n) is 11.8. The molecule has 0 bridgehead atoms. The average molecular weight is 562 g/mol. The van der Waals surface area contributed by atoms with Crippen molar-refractivity contribution in [3.05, 3.63) is 0 Å². The van der Waals surface area contributed by atoms with Crippen molar-refractivity contribution in [3.8, 4) is 0 Å². The van der Waals surface area contributed by atoms with E-state index in [2.05, 4.69) is 92.9 Å². The molecule has 1 fully saturated rings. The smallest absolute Gasteiger partial charge is 1.00 e. The van der Waals surface area contributed by atoms with Gasteiger partial charge in [-0.3, -0.25) is 9.80 Å². The van der Waals surface area contributed by atoms with Gasteiger partial charge in [0, 0.05) is 34.2 Å². The number of halogens is 2. The second-order valence-corrected chi connectivity index (χ2v) is 11.8. The largest absolute Gasteiger partial charge is 2.00 e. The number of hydrogen-bond acceptors (Lipinski definition) is 2. The van der Waals surface area contributed by atoms with Crippen molar-refractivity contribution in [3.63, 3.8) is 0 Å². The first-order chi connectivity index (χ1) is 10.5. The van der Waals surface area contributed by atoms with Crippen LogP contribution in [0.15, 0.2) is 0 Å². The van der Waals surface area contributed by atoms with E-state index in [1.54, 1.807) is 0 Å². The molecule has 0 spiro atoms. The Kier molecular flexibility index (Phi) is 13.6. The van der Waals surface area contributed by atoms with Gasteiger partial charge in [-0.15, -0.1) is 0 Å². The quantitative estimate of drug-likeness (QED) is 0.442. The topological polar surface area (TPSA) is 6.48 Å². The molecule has 1 radical (unpaired) electrons. The van der Waals surface area contributed by atoms with E-state index in [4.69, 9.17) is 0 Å². The average Bonchev–Trinajstić information content (AvgIpc) is 2.23. The minimum Gasteiger partial charge on any atom is -1.00 e. The minimum absolute atomic E-state index is 0.